The van der Waals surface area contributed by atoms with Crippen molar-refractivity contribution < 1.29 is 0 Å². The Hall–Kier alpha value is -2.85. The molecule has 0 aliphatic heterocycles. The van der Waals surface area contributed by atoms with Gasteiger partial charge < -0.3 is 0 Å². The lowest BCUT2D eigenvalue weighted by Crippen LogP contribution is -2.28. The third kappa shape index (κ3) is 4.41. The maximum Gasteiger partial charge on any atom is 0.0714 e. The summed E-state index contributed by atoms with van der Waals surface area (Å²) in [5, 5.41) is 3.81. The first-order valence-corrected chi connectivity index (χ1v) is 14.0. The van der Waals surface area contributed by atoms with Crippen LogP contribution in [0.1, 0.15) is 60.4 Å². The SMILES string of the molecule is CCCCCCc1ccc(C2(c3ccc(N=[N+]=[N-])cc3)c3cc(Br)ccc3-c3ccc(Br)cc32)cc1. The van der Waals surface area contributed by atoms with Gasteiger partial charge >= 0.3 is 0 Å². The van der Waals surface area contributed by atoms with Gasteiger partial charge in [0.15, 0.2) is 0 Å². The number of fused-ring (bicyclic) bond motifs is 3. The van der Waals surface area contributed by atoms with Crippen LogP contribution < -0.4 is 0 Å². The highest BCUT2D eigenvalue weighted by atomic mass is 79.9. The van der Waals surface area contributed by atoms with E-state index >= 15 is 0 Å². The number of aryl methyl sites for hydroxylation is 1. The molecule has 0 amide bonds. The molecule has 0 atom stereocenters. The van der Waals surface area contributed by atoms with Crippen molar-refractivity contribution >= 4 is 37.5 Å². The van der Waals surface area contributed by atoms with Gasteiger partial charge in [0.05, 0.1) is 5.41 Å². The van der Waals surface area contributed by atoms with Gasteiger partial charge in [0.1, 0.15) is 0 Å². The number of nitrogens with zero attached hydrogens (tertiary/aromatic N) is 3. The van der Waals surface area contributed by atoms with E-state index in [9.17, 15) is 0 Å². The summed E-state index contributed by atoms with van der Waals surface area (Å²) in [4.78, 5) is 2.96. The molecule has 0 N–H and O–H groups in total. The van der Waals surface area contributed by atoms with Crippen molar-refractivity contribution in [2.24, 2.45) is 5.11 Å². The molecule has 0 bridgehead atoms. The highest BCUT2D eigenvalue weighted by Crippen LogP contribution is 2.57. The number of halogens is 2. The summed E-state index contributed by atoms with van der Waals surface area (Å²) in [6, 6.07) is 30.4. The van der Waals surface area contributed by atoms with Gasteiger partial charge in [-0.1, -0.05) is 124 Å². The van der Waals surface area contributed by atoms with E-state index in [0.717, 1.165) is 20.9 Å². The molecule has 0 radical (unpaired) electrons. The average Bonchev–Trinajstić information content (AvgIpc) is 3.17. The molecule has 36 heavy (non-hydrogen) atoms. The zero-order valence-electron chi connectivity index (χ0n) is 20.2. The number of azide groups is 1. The molecule has 1 aliphatic rings. The number of benzene rings is 4. The number of rotatable bonds is 8. The van der Waals surface area contributed by atoms with Gasteiger partial charge in [-0.25, -0.2) is 0 Å². The van der Waals surface area contributed by atoms with E-state index in [1.165, 1.54) is 59.1 Å². The van der Waals surface area contributed by atoms with Crippen molar-refractivity contribution in [2.45, 2.75) is 44.4 Å². The lowest BCUT2D eigenvalue weighted by Gasteiger charge is -2.34. The summed E-state index contributed by atoms with van der Waals surface area (Å²) in [5.41, 5.74) is 17.8. The monoisotopic (exact) mass is 599 g/mol. The second kappa shape index (κ2) is 10.6. The summed E-state index contributed by atoms with van der Waals surface area (Å²) >= 11 is 7.48. The van der Waals surface area contributed by atoms with E-state index in [0.29, 0.717) is 5.69 Å². The Morgan fingerprint density at radius 2 is 1.28 bits per heavy atom. The smallest absolute Gasteiger partial charge is 0.0654 e. The minimum atomic E-state index is -0.492. The molecule has 0 saturated heterocycles. The van der Waals surface area contributed by atoms with Gasteiger partial charge in [0, 0.05) is 19.5 Å². The maximum atomic E-state index is 8.92. The molecule has 0 heterocycles. The van der Waals surface area contributed by atoms with Crippen LogP contribution in [0.3, 0.4) is 0 Å². The third-order valence-electron chi connectivity index (χ3n) is 7.23. The second-order valence-electron chi connectivity index (χ2n) is 9.37. The summed E-state index contributed by atoms with van der Waals surface area (Å²) in [6.45, 7) is 2.25. The summed E-state index contributed by atoms with van der Waals surface area (Å²) in [6.07, 6.45) is 6.17. The Morgan fingerprint density at radius 3 is 1.81 bits per heavy atom. The van der Waals surface area contributed by atoms with E-state index in [1.54, 1.807) is 0 Å². The molecule has 0 unspecified atom stereocenters. The largest absolute Gasteiger partial charge is 0.0714 e. The van der Waals surface area contributed by atoms with Crippen molar-refractivity contribution in [1.82, 2.24) is 0 Å². The van der Waals surface area contributed by atoms with Gasteiger partial charge in [-0.2, -0.15) is 0 Å². The van der Waals surface area contributed by atoms with Crippen molar-refractivity contribution in [2.75, 3.05) is 0 Å². The number of hydrogen-bond donors (Lipinski definition) is 0. The fourth-order valence-corrected chi connectivity index (χ4v) is 6.29. The first-order valence-electron chi connectivity index (χ1n) is 12.4. The van der Waals surface area contributed by atoms with Crippen molar-refractivity contribution in [3.05, 3.63) is 132 Å². The average molecular weight is 601 g/mol. The van der Waals surface area contributed by atoms with Crippen molar-refractivity contribution in [1.29, 1.82) is 0 Å². The predicted molar refractivity (Wildman–Crippen MR) is 156 cm³/mol. The zero-order valence-corrected chi connectivity index (χ0v) is 23.4. The maximum absolute atomic E-state index is 8.92. The number of unbranched alkanes of at least 4 members (excludes halogenated alkanes) is 3. The van der Waals surface area contributed by atoms with Gasteiger partial charge in [0.2, 0.25) is 0 Å². The lowest BCUT2D eigenvalue weighted by molar-refractivity contribution is 0.666. The molecule has 4 aromatic carbocycles. The Kier molecular flexibility index (Phi) is 7.34. The van der Waals surface area contributed by atoms with Gasteiger partial charge in [-0.3, -0.25) is 0 Å². The first kappa shape index (κ1) is 24.8. The molecule has 5 heteroatoms. The Balaban J connectivity index is 1.73. The van der Waals surface area contributed by atoms with E-state index in [2.05, 4.69) is 122 Å². The van der Waals surface area contributed by atoms with Crippen LogP contribution in [0.25, 0.3) is 21.6 Å². The molecular weight excluding hydrogens is 574 g/mol. The van der Waals surface area contributed by atoms with Crippen LogP contribution in [0.4, 0.5) is 5.69 Å². The fourth-order valence-electron chi connectivity index (χ4n) is 5.56. The molecule has 0 saturated carbocycles. The summed E-state index contributed by atoms with van der Waals surface area (Å²) < 4.78 is 2.10. The molecular formula is C31H27Br2N3. The van der Waals surface area contributed by atoms with Crippen LogP contribution in [-0.2, 0) is 11.8 Å². The Bertz CT molecular complexity index is 1380. The second-order valence-corrected chi connectivity index (χ2v) is 11.2. The molecule has 180 valence electrons. The lowest BCUT2D eigenvalue weighted by atomic mass is 9.67. The molecule has 4 aromatic rings. The van der Waals surface area contributed by atoms with Crippen LogP contribution in [0.2, 0.25) is 0 Å². The van der Waals surface area contributed by atoms with Crippen molar-refractivity contribution in [3.8, 4) is 11.1 Å². The topological polar surface area (TPSA) is 48.8 Å². The third-order valence-corrected chi connectivity index (χ3v) is 8.21. The van der Waals surface area contributed by atoms with Crippen LogP contribution in [0.5, 0.6) is 0 Å². The normalized spacial score (nSPS) is 13.1. The van der Waals surface area contributed by atoms with E-state index < -0.39 is 5.41 Å². The minimum Gasteiger partial charge on any atom is -0.0654 e. The Morgan fingerprint density at radius 1 is 0.722 bits per heavy atom. The molecule has 3 nitrogen and oxygen atoms in total. The summed E-state index contributed by atoms with van der Waals surface area (Å²) in [5.74, 6) is 0. The van der Waals surface area contributed by atoms with Crippen LogP contribution in [0.15, 0.2) is 99.0 Å². The number of hydrogen-bond acceptors (Lipinski definition) is 1. The molecule has 0 aromatic heterocycles. The highest BCUT2D eigenvalue weighted by Gasteiger charge is 2.46. The molecule has 0 fully saturated rings. The standard InChI is InChI=1S/C31H27Br2N3/c1-2-3-4-5-6-21-7-9-22(10-8-21)31(23-11-15-26(16-12-23)35-36-34)29-19-24(32)13-17-27(29)28-18-14-25(33)20-30(28)31/h7-20H,2-6H2,1H3. The zero-order chi connectivity index (χ0) is 25.1. The van der Waals surface area contributed by atoms with Gasteiger partial charge in [0.25, 0.3) is 0 Å². The van der Waals surface area contributed by atoms with Crippen LogP contribution in [-0.4, -0.2) is 0 Å². The van der Waals surface area contributed by atoms with Crippen molar-refractivity contribution in [3.63, 3.8) is 0 Å². The quantitative estimate of drug-likeness (QED) is 0.0736. The summed E-state index contributed by atoms with van der Waals surface area (Å²) in [7, 11) is 0. The van der Waals surface area contributed by atoms with E-state index in [4.69, 9.17) is 5.53 Å². The van der Waals surface area contributed by atoms with E-state index in [-0.39, 0.29) is 0 Å². The molecule has 5 rings (SSSR count). The van der Waals surface area contributed by atoms with Crippen LogP contribution >= 0.6 is 31.9 Å². The van der Waals surface area contributed by atoms with Crippen LogP contribution in [0, 0.1) is 0 Å². The van der Waals surface area contributed by atoms with E-state index in [1.807, 2.05) is 12.1 Å². The predicted octanol–water partition coefficient (Wildman–Crippen LogP) is 10.6. The highest BCUT2D eigenvalue weighted by molar-refractivity contribution is 9.10. The fraction of sp³-hybridized carbons (Fsp3) is 0.226. The molecule has 1 aliphatic carbocycles. The Labute approximate surface area is 229 Å². The minimum absolute atomic E-state index is 0.492. The van der Waals surface area contributed by atoms with Gasteiger partial charge in [-0.05, 0) is 81.6 Å². The first-order chi connectivity index (χ1) is 17.6. The molecule has 0 spiro atoms. The van der Waals surface area contributed by atoms with Gasteiger partial charge in [-0.15, -0.1) is 0 Å².